The van der Waals surface area contributed by atoms with Crippen LogP contribution >= 0.6 is 0 Å². The van der Waals surface area contributed by atoms with Crippen molar-refractivity contribution >= 4 is 43.6 Å². The molecule has 0 radical (unpaired) electrons. The SMILES string of the molecule is c1ccc(-c2cccc(-n3c4ccccc4c4cc(-c5cccc6c7ccccc7n(-c7ccccc7)c56)ccc43)c2-c2ccccc2)cc1. The van der Waals surface area contributed by atoms with E-state index >= 15 is 0 Å². The molecule has 2 nitrogen and oxygen atoms in total. The lowest BCUT2D eigenvalue weighted by Gasteiger charge is -2.18. The number of aromatic nitrogens is 2. The van der Waals surface area contributed by atoms with Crippen LogP contribution in [0.15, 0.2) is 194 Å². The monoisotopic (exact) mass is 636 g/mol. The smallest absolute Gasteiger partial charge is 0.0619 e. The Morgan fingerprint density at radius 2 is 0.840 bits per heavy atom. The quantitative estimate of drug-likeness (QED) is 0.178. The summed E-state index contributed by atoms with van der Waals surface area (Å²) < 4.78 is 4.89. The average molecular weight is 637 g/mol. The zero-order chi connectivity index (χ0) is 33.0. The third-order valence-electron chi connectivity index (χ3n) is 10.1. The lowest BCUT2D eigenvalue weighted by molar-refractivity contribution is 1.18. The van der Waals surface area contributed by atoms with E-state index in [-0.39, 0.29) is 0 Å². The van der Waals surface area contributed by atoms with Gasteiger partial charge in [-0.3, -0.25) is 0 Å². The van der Waals surface area contributed by atoms with Gasteiger partial charge < -0.3 is 9.13 Å². The van der Waals surface area contributed by atoms with Crippen molar-refractivity contribution in [1.29, 1.82) is 0 Å². The first-order chi connectivity index (χ1) is 24.8. The van der Waals surface area contributed by atoms with Crippen molar-refractivity contribution in [2.45, 2.75) is 0 Å². The fourth-order valence-electron chi connectivity index (χ4n) is 7.99. The second-order valence-corrected chi connectivity index (χ2v) is 12.9. The summed E-state index contributed by atoms with van der Waals surface area (Å²) in [5.41, 5.74) is 14.4. The number of hydrogen-bond acceptors (Lipinski definition) is 0. The second kappa shape index (κ2) is 11.5. The molecule has 0 unspecified atom stereocenters. The van der Waals surface area contributed by atoms with E-state index in [1.54, 1.807) is 0 Å². The van der Waals surface area contributed by atoms with Gasteiger partial charge in [-0.1, -0.05) is 152 Å². The first-order valence-electron chi connectivity index (χ1n) is 17.2. The molecule has 8 aromatic carbocycles. The number of hydrogen-bond donors (Lipinski definition) is 0. The zero-order valence-electron chi connectivity index (χ0n) is 27.4. The maximum absolute atomic E-state index is 2.46. The lowest BCUT2D eigenvalue weighted by atomic mass is 9.93. The molecule has 10 rings (SSSR count). The number of benzene rings is 8. The summed E-state index contributed by atoms with van der Waals surface area (Å²) in [7, 11) is 0. The number of rotatable bonds is 5. The Morgan fingerprint density at radius 3 is 1.58 bits per heavy atom. The minimum absolute atomic E-state index is 1.16. The molecule has 10 aromatic rings. The van der Waals surface area contributed by atoms with Gasteiger partial charge in [-0.15, -0.1) is 0 Å². The van der Waals surface area contributed by atoms with Crippen LogP contribution in [0, 0.1) is 0 Å². The summed E-state index contributed by atoms with van der Waals surface area (Å²) >= 11 is 0. The molecule has 0 aliphatic heterocycles. The van der Waals surface area contributed by atoms with Gasteiger partial charge in [0.05, 0.1) is 27.8 Å². The highest BCUT2D eigenvalue weighted by Crippen LogP contribution is 2.43. The van der Waals surface area contributed by atoms with Crippen LogP contribution in [0.5, 0.6) is 0 Å². The molecule has 0 bridgehead atoms. The maximum Gasteiger partial charge on any atom is 0.0619 e. The van der Waals surface area contributed by atoms with E-state index in [2.05, 4.69) is 203 Å². The fourth-order valence-corrected chi connectivity index (χ4v) is 7.99. The molecule has 234 valence electrons. The molecular formula is C48H32N2. The minimum atomic E-state index is 1.16. The lowest BCUT2D eigenvalue weighted by Crippen LogP contribution is -1.99. The van der Waals surface area contributed by atoms with Crippen molar-refractivity contribution in [1.82, 2.24) is 9.13 Å². The maximum atomic E-state index is 2.46. The topological polar surface area (TPSA) is 9.86 Å². The van der Waals surface area contributed by atoms with Gasteiger partial charge in [-0.05, 0) is 64.7 Å². The van der Waals surface area contributed by atoms with Crippen LogP contribution in [-0.4, -0.2) is 9.13 Å². The predicted octanol–water partition coefficient (Wildman–Crippen LogP) is 12.9. The van der Waals surface area contributed by atoms with E-state index in [4.69, 9.17) is 0 Å². The van der Waals surface area contributed by atoms with Crippen molar-refractivity contribution in [3.05, 3.63) is 194 Å². The van der Waals surface area contributed by atoms with Crippen molar-refractivity contribution in [2.24, 2.45) is 0 Å². The third-order valence-corrected chi connectivity index (χ3v) is 10.1. The highest BCUT2D eigenvalue weighted by Gasteiger charge is 2.21. The van der Waals surface area contributed by atoms with Gasteiger partial charge in [0.2, 0.25) is 0 Å². The first kappa shape index (κ1) is 28.4. The number of fused-ring (bicyclic) bond motifs is 6. The Morgan fingerprint density at radius 1 is 0.300 bits per heavy atom. The van der Waals surface area contributed by atoms with Crippen LogP contribution in [0.4, 0.5) is 0 Å². The molecule has 0 saturated carbocycles. The fraction of sp³-hybridized carbons (Fsp3) is 0. The van der Waals surface area contributed by atoms with Crippen molar-refractivity contribution in [3.8, 4) is 44.8 Å². The van der Waals surface area contributed by atoms with Crippen LogP contribution < -0.4 is 0 Å². The van der Waals surface area contributed by atoms with Crippen LogP contribution in [-0.2, 0) is 0 Å². The van der Waals surface area contributed by atoms with Crippen LogP contribution in [0.25, 0.3) is 88.4 Å². The van der Waals surface area contributed by atoms with Crippen LogP contribution in [0.3, 0.4) is 0 Å². The second-order valence-electron chi connectivity index (χ2n) is 12.9. The van der Waals surface area contributed by atoms with Gasteiger partial charge in [0.25, 0.3) is 0 Å². The molecule has 0 saturated heterocycles. The van der Waals surface area contributed by atoms with Gasteiger partial charge in [0, 0.05) is 38.4 Å². The van der Waals surface area contributed by atoms with E-state index in [1.165, 1.54) is 82.7 Å². The largest absolute Gasteiger partial charge is 0.309 e. The summed E-state index contributed by atoms with van der Waals surface area (Å²) in [4.78, 5) is 0. The Kier molecular flexibility index (Phi) is 6.53. The molecular weight excluding hydrogens is 605 g/mol. The number of para-hydroxylation sites is 4. The van der Waals surface area contributed by atoms with Gasteiger partial charge in [-0.25, -0.2) is 0 Å². The van der Waals surface area contributed by atoms with Gasteiger partial charge in [0.1, 0.15) is 0 Å². The zero-order valence-corrected chi connectivity index (χ0v) is 27.4. The number of nitrogens with zero attached hydrogens (tertiary/aromatic N) is 2. The van der Waals surface area contributed by atoms with Gasteiger partial charge in [-0.2, -0.15) is 0 Å². The van der Waals surface area contributed by atoms with Crippen LogP contribution in [0.1, 0.15) is 0 Å². The summed E-state index contributed by atoms with van der Waals surface area (Å²) in [6.07, 6.45) is 0. The summed E-state index contributed by atoms with van der Waals surface area (Å²) in [5.74, 6) is 0. The molecule has 0 fully saturated rings. The molecule has 0 atom stereocenters. The van der Waals surface area contributed by atoms with E-state index in [9.17, 15) is 0 Å². The molecule has 50 heavy (non-hydrogen) atoms. The normalized spacial score (nSPS) is 11.6. The highest BCUT2D eigenvalue weighted by atomic mass is 15.0. The highest BCUT2D eigenvalue weighted by molar-refractivity contribution is 6.16. The Hall–Kier alpha value is -6.64. The van der Waals surface area contributed by atoms with Gasteiger partial charge in [0.15, 0.2) is 0 Å². The average Bonchev–Trinajstić information content (AvgIpc) is 3.71. The molecule has 2 aromatic heterocycles. The summed E-state index contributed by atoms with van der Waals surface area (Å²) in [5, 5.41) is 5.00. The van der Waals surface area contributed by atoms with Crippen molar-refractivity contribution in [2.75, 3.05) is 0 Å². The van der Waals surface area contributed by atoms with Crippen molar-refractivity contribution in [3.63, 3.8) is 0 Å². The molecule has 0 amide bonds. The first-order valence-corrected chi connectivity index (χ1v) is 17.2. The van der Waals surface area contributed by atoms with E-state index in [1.807, 2.05) is 0 Å². The Balaban J connectivity index is 1.26. The molecule has 0 N–H and O–H groups in total. The van der Waals surface area contributed by atoms with E-state index < -0.39 is 0 Å². The molecule has 2 heteroatoms. The molecule has 0 aliphatic carbocycles. The third kappa shape index (κ3) is 4.36. The molecule has 0 spiro atoms. The Labute approximate surface area is 290 Å². The summed E-state index contributed by atoms with van der Waals surface area (Å²) in [6, 6.07) is 70.4. The Bertz CT molecular complexity index is 2840. The van der Waals surface area contributed by atoms with E-state index in [0.717, 1.165) is 5.69 Å². The van der Waals surface area contributed by atoms with Crippen molar-refractivity contribution < 1.29 is 0 Å². The predicted molar refractivity (Wildman–Crippen MR) is 211 cm³/mol. The molecule has 2 heterocycles. The summed E-state index contributed by atoms with van der Waals surface area (Å²) in [6.45, 7) is 0. The standard InChI is InChI=1S/C48H32N2/c1-4-16-33(17-5-1)37-24-15-29-46(47(37)34-18-6-2-7-19-34)50-44-28-13-11-23-40(44)42-32-35(30-31-45(42)50)38-25-14-26-41-39-22-10-12-27-43(39)49(48(38)41)36-20-8-3-9-21-36/h1-32H. The van der Waals surface area contributed by atoms with Crippen LogP contribution in [0.2, 0.25) is 0 Å². The van der Waals surface area contributed by atoms with Gasteiger partial charge >= 0.3 is 0 Å². The van der Waals surface area contributed by atoms with E-state index in [0.29, 0.717) is 0 Å². The molecule has 0 aliphatic rings. The minimum Gasteiger partial charge on any atom is -0.309 e.